The summed E-state index contributed by atoms with van der Waals surface area (Å²) in [5.41, 5.74) is 0. The Hall–Kier alpha value is -0.420. The van der Waals surface area contributed by atoms with Crippen molar-refractivity contribution < 1.29 is 24.4 Å². The predicted molar refractivity (Wildman–Crippen MR) is 61.6 cm³/mol. The molecule has 1 aliphatic rings. The van der Waals surface area contributed by atoms with Crippen LogP contribution in [0.1, 0.15) is 38.5 Å². The Bertz CT molecular complexity index is 297. The van der Waals surface area contributed by atoms with E-state index in [0.717, 1.165) is 32.1 Å². The molecule has 1 aliphatic carbocycles. The average Bonchev–Trinajstić information content (AvgIpc) is 2.27. The molecule has 7 heteroatoms. The van der Waals surface area contributed by atoms with Gasteiger partial charge in [0.2, 0.25) is 5.91 Å². The van der Waals surface area contributed by atoms with E-state index in [1.165, 1.54) is 0 Å². The average molecular weight is 265 g/mol. The molecule has 0 aliphatic heterocycles. The zero-order chi connectivity index (χ0) is 12.9. The van der Waals surface area contributed by atoms with Crippen LogP contribution in [0, 0.1) is 5.92 Å². The molecule has 0 atom stereocenters. The molecular weight excluding hydrogens is 245 g/mol. The van der Waals surface area contributed by atoms with Gasteiger partial charge in [-0.05, 0) is 19.3 Å². The summed E-state index contributed by atoms with van der Waals surface area (Å²) < 4.78 is 10.6. The van der Waals surface area contributed by atoms with Crippen molar-refractivity contribution in [1.82, 2.24) is 5.06 Å². The van der Waals surface area contributed by atoms with Crippen molar-refractivity contribution in [3.8, 4) is 0 Å². The third-order valence-electron chi connectivity index (χ3n) is 3.03. The summed E-state index contributed by atoms with van der Waals surface area (Å²) in [7, 11) is -4.03. The van der Waals surface area contributed by atoms with Gasteiger partial charge in [-0.2, -0.15) is 0 Å². The first-order chi connectivity index (χ1) is 7.90. The highest BCUT2D eigenvalue weighted by Crippen LogP contribution is 2.34. The van der Waals surface area contributed by atoms with Gasteiger partial charge in [-0.15, -0.1) is 0 Å². The molecule has 3 N–H and O–H groups in total. The van der Waals surface area contributed by atoms with Crippen molar-refractivity contribution in [2.75, 3.05) is 12.7 Å². The predicted octanol–water partition coefficient (Wildman–Crippen LogP) is 1.35. The molecule has 0 aromatic heterocycles. The van der Waals surface area contributed by atoms with E-state index in [0.29, 0.717) is 5.06 Å². The topological polar surface area (TPSA) is 98.1 Å². The molecule has 0 aromatic rings. The Kier molecular flexibility index (Phi) is 5.59. The molecule has 1 amide bonds. The molecule has 17 heavy (non-hydrogen) atoms. The number of carbonyl (C=O) groups is 1. The molecule has 1 fully saturated rings. The molecule has 0 unspecified atom stereocenters. The number of hydrogen-bond donors (Lipinski definition) is 3. The Labute approximate surface area is 101 Å². The normalized spacial score (nSPS) is 18.1. The van der Waals surface area contributed by atoms with E-state index < -0.39 is 7.60 Å². The standard InChI is InChI=1S/C10H20NO5P/c12-10(9-5-2-1-3-6-9)11(13)7-4-8-17(14,15)16/h9,13H,1-8H2,(H2,14,15,16). The van der Waals surface area contributed by atoms with Crippen LogP contribution in [0.5, 0.6) is 0 Å². The summed E-state index contributed by atoms with van der Waals surface area (Å²) in [6.45, 7) is -0.0134. The fourth-order valence-corrected chi connectivity index (χ4v) is 2.65. The third-order valence-corrected chi connectivity index (χ3v) is 3.93. The number of hydrogen-bond acceptors (Lipinski definition) is 3. The smallest absolute Gasteiger partial charge is 0.324 e. The monoisotopic (exact) mass is 265 g/mol. The summed E-state index contributed by atoms with van der Waals surface area (Å²) in [5, 5.41) is 10.1. The van der Waals surface area contributed by atoms with Gasteiger partial charge in [0.1, 0.15) is 0 Å². The van der Waals surface area contributed by atoms with Crippen LogP contribution >= 0.6 is 7.60 Å². The minimum Gasteiger partial charge on any atom is -0.324 e. The lowest BCUT2D eigenvalue weighted by Crippen LogP contribution is -2.35. The van der Waals surface area contributed by atoms with Gasteiger partial charge in [0.25, 0.3) is 0 Å². The maximum Gasteiger partial charge on any atom is 0.325 e. The Morgan fingerprint density at radius 2 is 1.82 bits per heavy atom. The van der Waals surface area contributed by atoms with Crippen LogP contribution < -0.4 is 0 Å². The molecule has 6 nitrogen and oxygen atoms in total. The van der Waals surface area contributed by atoms with E-state index in [4.69, 9.17) is 9.79 Å². The molecule has 0 heterocycles. The maximum absolute atomic E-state index is 11.7. The quantitative estimate of drug-likeness (QED) is 0.396. The van der Waals surface area contributed by atoms with Gasteiger partial charge in [-0.1, -0.05) is 19.3 Å². The number of hydroxylamine groups is 2. The summed E-state index contributed by atoms with van der Waals surface area (Å²) in [4.78, 5) is 29.0. The van der Waals surface area contributed by atoms with E-state index in [-0.39, 0.29) is 31.0 Å². The number of rotatable bonds is 5. The van der Waals surface area contributed by atoms with Gasteiger partial charge in [-0.25, -0.2) is 5.06 Å². The van der Waals surface area contributed by atoms with Crippen molar-refractivity contribution in [2.24, 2.45) is 5.92 Å². The molecule has 0 spiro atoms. The minimum atomic E-state index is -4.03. The fourth-order valence-electron chi connectivity index (χ4n) is 2.10. The van der Waals surface area contributed by atoms with Crippen LogP contribution in [0.25, 0.3) is 0 Å². The second-order valence-electron chi connectivity index (χ2n) is 4.54. The molecule has 1 rings (SSSR count). The third kappa shape index (κ3) is 5.64. The first kappa shape index (κ1) is 14.6. The van der Waals surface area contributed by atoms with E-state index in [2.05, 4.69) is 0 Å². The summed E-state index contributed by atoms with van der Waals surface area (Å²) in [6.07, 6.45) is 4.55. The summed E-state index contributed by atoms with van der Waals surface area (Å²) in [5.74, 6) is -0.431. The maximum atomic E-state index is 11.7. The minimum absolute atomic E-state index is 0.0134. The van der Waals surface area contributed by atoms with Crippen LogP contribution in [-0.2, 0) is 9.36 Å². The van der Waals surface area contributed by atoms with Crippen LogP contribution in [0.3, 0.4) is 0 Å². The highest BCUT2D eigenvalue weighted by molar-refractivity contribution is 7.51. The lowest BCUT2D eigenvalue weighted by Gasteiger charge is -2.24. The largest absolute Gasteiger partial charge is 0.325 e. The summed E-state index contributed by atoms with van der Waals surface area (Å²) in [6, 6.07) is 0. The molecule has 0 radical (unpaired) electrons. The molecule has 0 bridgehead atoms. The van der Waals surface area contributed by atoms with Crippen molar-refractivity contribution in [1.29, 1.82) is 0 Å². The molecule has 1 saturated carbocycles. The SMILES string of the molecule is O=C(C1CCCCC1)N(O)CCCP(=O)(O)O. The first-order valence-electron chi connectivity index (χ1n) is 5.95. The van der Waals surface area contributed by atoms with E-state index in [9.17, 15) is 14.6 Å². The van der Waals surface area contributed by atoms with Gasteiger partial charge in [0.05, 0.1) is 6.16 Å². The zero-order valence-corrected chi connectivity index (χ0v) is 10.7. The van der Waals surface area contributed by atoms with E-state index >= 15 is 0 Å². The fraction of sp³-hybridized carbons (Fsp3) is 0.900. The zero-order valence-electron chi connectivity index (χ0n) is 9.79. The van der Waals surface area contributed by atoms with Crippen molar-refractivity contribution in [2.45, 2.75) is 38.5 Å². The van der Waals surface area contributed by atoms with Gasteiger partial charge in [0.15, 0.2) is 0 Å². The second kappa shape index (κ2) is 6.50. The van der Waals surface area contributed by atoms with Crippen LogP contribution in [0.2, 0.25) is 0 Å². The lowest BCUT2D eigenvalue weighted by molar-refractivity contribution is -0.171. The molecule has 0 saturated heterocycles. The van der Waals surface area contributed by atoms with Crippen LogP contribution in [-0.4, -0.2) is 38.7 Å². The highest BCUT2D eigenvalue weighted by Gasteiger charge is 2.25. The first-order valence-corrected chi connectivity index (χ1v) is 7.75. The van der Waals surface area contributed by atoms with E-state index in [1.54, 1.807) is 0 Å². The summed E-state index contributed by atoms with van der Waals surface area (Å²) >= 11 is 0. The Morgan fingerprint density at radius 1 is 1.24 bits per heavy atom. The Morgan fingerprint density at radius 3 is 2.35 bits per heavy atom. The molecular formula is C10H20NO5P. The van der Waals surface area contributed by atoms with Gasteiger partial charge in [0, 0.05) is 12.5 Å². The molecule has 100 valence electrons. The van der Waals surface area contributed by atoms with Gasteiger partial charge in [-0.3, -0.25) is 14.6 Å². The van der Waals surface area contributed by atoms with Crippen molar-refractivity contribution in [3.63, 3.8) is 0 Å². The number of nitrogens with zero attached hydrogens (tertiary/aromatic N) is 1. The Balaban J connectivity index is 2.28. The van der Waals surface area contributed by atoms with Crippen LogP contribution in [0.15, 0.2) is 0 Å². The van der Waals surface area contributed by atoms with Gasteiger partial charge < -0.3 is 9.79 Å². The van der Waals surface area contributed by atoms with Crippen molar-refractivity contribution in [3.05, 3.63) is 0 Å². The number of carbonyl (C=O) groups excluding carboxylic acids is 1. The highest BCUT2D eigenvalue weighted by atomic mass is 31.2. The van der Waals surface area contributed by atoms with Crippen molar-refractivity contribution >= 4 is 13.5 Å². The van der Waals surface area contributed by atoms with E-state index in [1.807, 2.05) is 0 Å². The second-order valence-corrected chi connectivity index (χ2v) is 6.31. The van der Waals surface area contributed by atoms with Gasteiger partial charge >= 0.3 is 7.60 Å². The van der Waals surface area contributed by atoms with Crippen LogP contribution in [0.4, 0.5) is 0 Å². The lowest BCUT2D eigenvalue weighted by atomic mass is 9.88. The number of amides is 1. The molecule has 0 aromatic carbocycles.